The molecule has 0 saturated heterocycles. The number of carbonyl (C=O) groups is 1. The monoisotopic (exact) mass is 327 g/mol. The van der Waals surface area contributed by atoms with Gasteiger partial charge in [0.05, 0.1) is 17.0 Å². The number of para-hydroxylation sites is 1. The molecule has 3 aromatic rings. The standard InChI is InChI=1S/C17H17N3O2S/c1-3-18-16(21)11(2)23-17-12-7-4-5-8-13(12)19-15(20-17)14-9-6-10-22-14/h4-11H,3H2,1-2H3,(H,18,21). The zero-order chi connectivity index (χ0) is 16.2. The molecule has 0 aliphatic carbocycles. The van der Waals surface area contributed by atoms with E-state index in [9.17, 15) is 4.79 Å². The van der Waals surface area contributed by atoms with Crippen molar-refractivity contribution in [3.05, 3.63) is 42.7 Å². The van der Waals surface area contributed by atoms with Crippen molar-refractivity contribution in [3.8, 4) is 11.6 Å². The molecule has 1 unspecified atom stereocenters. The molecule has 3 rings (SSSR count). The number of furan rings is 1. The van der Waals surface area contributed by atoms with Crippen molar-refractivity contribution in [2.75, 3.05) is 6.54 Å². The Morgan fingerprint density at radius 3 is 2.83 bits per heavy atom. The molecular formula is C17H17N3O2S. The fraction of sp³-hybridized carbons (Fsp3) is 0.235. The molecule has 2 heterocycles. The number of nitrogens with one attached hydrogen (secondary N) is 1. The summed E-state index contributed by atoms with van der Waals surface area (Å²) in [6, 6.07) is 11.4. The third-order valence-electron chi connectivity index (χ3n) is 3.32. The Labute approximate surface area is 138 Å². The summed E-state index contributed by atoms with van der Waals surface area (Å²) in [6.45, 7) is 4.40. The second-order valence-corrected chi connectivity index (χ2v) is 6.33. The Kier molecular flexibility index (Phi) is 4.62. The summed E-state index contributed by atoms with van der Waals surface area (Å²) in [5.74, 6) is 1.14. The zero-order valence-corrected chi connectivity index (χ0v) is 13.8. The average Bonchev–Trinajstić information content (AvgIpc) is 3.09. The van der Waals surface area contributed by atoms with Gasteiger partial charge in [-0.15, -0.1) is 0 Å². The van der Waals surface area contributed by atoms with Gasteiger partial charge in [-0.1, -0.05) is 30.0 Å². The third-order valence-corrected chi connectivity index (χ3v) is 4.42. The van der Waals surface area contributed by atoms with E-state index >= 15 is 0 Å². The van der Waals surface area contributed by atoms with Crippen LogP contribution in [0.25, 0.3) is 22.5 Å². The van der Waals surface area contributed by atoms with E-state index in [1.807, 2.05) is 44.2 Å². The maximum absolute atomic E-state index is 12.0. The molecule has 0 spiro atoms. The topological polar surface area (TPSA) is 68.0 Å². The van der Waals surface area contributed by atoms with Gasteiger partial charge in [0.2, 0.25) is 5.91 Å². The lowest BCUT2D eigenvalue weighted by molar-refractivity contribution is -0.120. The highest BCUT2D eigenvalue weighted by Crippen LogP contribution is 2.31. The molecule has 0 saturated carbocycles. The number of thioether (sulfide) groups is 1. The van der Waals surface area contributed by atoms with E-state index in [4.69, 9.17) is 4.42 Å². The van der Waals surface area contributed by atoms with Crippen LogP contribution < -0.4 is 5.32 Å². The molecule has 118 valence electrons. The lowest BCUT2D eigenvalue weighted by Gasteiger charge is -2.12. The quantitative estimate of drug-likeness (QED) is 0.574. The van der Waals surface area contributed by atoms with Crippen LogP contribution in [0.2, 0.25) is 0 Å². The molecule has 0 fully saturated rings. The summed E-state index contributed by atoms with van der Waals surface area (Å²) in [5, 5.41) is 4.31. The van der Waals surface area contributed by atoms with Crippen LogP contribution >= 0.6 is 11.8 Å². The van der Waals surface area contributed by atoms with E-state index in [2.05, 4.69) is 15.3 Å². The Hall–Kier alpha value is -2.34. The molecular weight excluding hydrogens is 310 g/mol. The van der Waals surface area contributed by atoms with Crippen molar-refractivity contribution in [1.82, 2.24) is 15.3 Å². The van der Waals surface area contributed by atoms with E-state index in [0.29, 0.717) is 18.1 Å². The van der Waals surface area contributed by atoms with Gasteiger partial charge in [0, 0.05) is 11.9 Å². The number of amides is 1. The summed E-state index contributed by atoms with van der Waals surface area (Å²) in [5.41, 5.74) is 0.833. The fourth-order valence-electron chi connectivity index (χ4n) is 2.19. The summed E-state index contributed by atoms with van der Waals surface area (Å²) >= 11 is 1.43. The minimum Gasteiger partial charge on any atom is -0.461 e. The smallest absolute Gasteiger partial charge is 0.233 e. The molecule has 0 radical (unpaired) electrons. The summed E-state index contributed by atoms with van der Waals surface area (Å²) in [6.07, 6.45) is 1.60. The number of nitrogens with zero attached hydrogens (tertiary/aromatic N) is 2. The molecule has 1 amide bonds. The van der Waals surface area contributed by atoms with Crippen LogP contribution in [0.15, 0.2) is 52.1 Å². The predicted molar refractivity (Wildman–Crippen MR) is 91.2 cm³/mol. The van der Waals surface area contributed by atoms with E-state index in [0.717, 1.165) is 15.9 Å². The number of hydrogen-bond donors (Lipinski definition) is 1. The van der Waals surface area contributed by atoms with Gasteiger partial charge in [-0.05, 0) is 32.0 Å². The van der Waals surface area contributed by atoms with Crippen LogP contribution in [0.4, 0.5) is 0 Å². The van der Waals surface area contributed by atoms with Crippen molar-refractivity contribution in [2.45, 2.75) is 24.1 Å². The van der Waals surface area contributed by atoms with Crippen LogP contribution in [-0.4, -0.2) is 27.7 Å². The lowest BCUT2D eigenvalue weighted by atomic mass is 10.2. The van der Waals surface area contributed by atoms with Crippen molar-refractivity contribution in [2.24, 2.45) is 0 Å². The van der Waals surface area contributed by atoms with Crippen molar-refractivity contribution in [3.63, 3.8) is 0 Å². The van der Waals surface area contributed by atoms with E-state index < -0.39 is 0 Å². The SMILES string of the molecule is CCNC(=O)C(C)Sc1nc(-c2ccco2)nc2ccccc12. The Morgan fingerprint density at radius 2 is 2.09 bits per heavy atom. The van der Waals surface area contributed by atoms with E-state index in [-0.39, 0.29) is 11.2 Å². The summed E-state index contributed by atoms with van der Waals surface area (Å²) in [4.78, 5) is 21.2. The van der Waals surface area contributed by atoms with Gasteiger partial charge in [0.1, 0.15) is 5.03 Å². The van der Waals surface area contributed by atoms with Gasteiger partial charge in [-0.3, -0.25) is 4.79 Å². The molecule has 5 nitrogen and oxygen atoms in total. The van der Waals surface area contributed by atoms with Crippen LogP contribution in [0.5, 0.6) is 0 Å². The first-order valence-corrected chi connectivity index (χ1v) is 8.32. The maximum Gasteiger partial charge on any atom is 0.233 e. The number of carbonyl (C=O) groups excluding carboxylic acids is 1. The van der Waals surface area contributed by atoms with E-state index in [1.165, 1.54) is 11.8 Å². The number of fused-ring (bicyclic) bond motifs is 1. The lowest BCUT2D eigenvalue weighted by Crippen LogP contribution is -2.30. The van der Waals surface area contributed by atoms with E-state index in [1.54, 1.807) is 12.3 Å². The molecule has 0 aliphatic heterocycles. The number of benzene rings is 1. The van der Waals surface area contributed by atoms with Gasteiger partial charge in [0.25, 0.3) is 0 Å². The number of rotatable bonds is 5. The van der Waals surface area contributed by atoms with Crippen LogP contribution in [0, 0.1) is 0 Å². The molecule has 0 bridgehead atoms. The third kappa shape index (κ3) is 3.37. The molecule has 1 aromatic carbocycles. The molecule has 23 heavy (non-hydrogen) atoms. The first-order valence-electron chi connectivity index (χ1n) is 7.44. The maximum atomic E-state index is 12.0. The highest BCUT2D eigenvalue weighted by Gasteiger charge is 2.18. The number of hydrogen-bond acceptors (Lipinski definition) is 5. The molecule has 6 heteroatoms. The van der Waals surface area contributed by atoms with Gasteiger partial charge < -0.3 is 9.73 Å². The summed E-state index contributed by atoms with van der Waals surface area (Å²) in [7, 11) is 0. The summed E-state index contributed by atoms with van der Waals surface area (Å²) < 4.78 is 5.40. The molecule has 1 N–H and O–H groups in total. The second-order valence-electron chi connectivity index (χ2n) is 5.00. The largest absolute Gasteiger partial charge is 0.461 e. The minimum absolute atomic E-state index is 0.000239. The molecule has 0 aliphatic rings. The Balaban J connectivity index is 2.02. The highest BCUT2D eigenvalue weighted by atomic mass is 32.2. The van der Waals surface area contributed by atoms with Crippen LogP contribution in [0.3, 0.4) is 0 Å². The Morgan fingerprint density at radius 1 is 1.26 bits per heavy atom. The van der Waals surface area contributed by atoms with Gasteiger partial charge in [-0.25, -0.2) is 9.97 Å². The first kappa shape index (κ1) is 15.6. The normalized spacial score (nSPS) is 12.3. The Bertz CT molecular complexity index is 818. The minimum atomic E-state index is -0.238. The number of aromatic nitrogens is 2. The average molecular weight is 327 g/mol. The van der Waals surface area contributed by atoms with Gasteiger partial charge in [0.15, 0.2) is 11.6 Å². The first-order chi connectivity index (χ1) is 11.2. The fourth-order valence-corrected chi connectivity index (χ4v) is 3.16. The van der Waals surface area contributed by atoms with Crippen LogP contribution in [-0.2, 0) is 4.79 Å². The van der Waals surface area contributed by atoms with Crippen molar-refractivity contribution in [1.29, 1.82) is 0 Å². The highest BCUT2D eigenvalue weighted by molar-refractivity contribution is 8.00. The van der Waals surface area contributed by atoms with Crippen LogP contribution in [0.1, 0.15) is 13.8 Å². The second kappa shape index (κ2) is 6.83. The van der Waals surface area contributed by atoms with Gasteiger partial charge >= 0.3 is 0 Å². The van der Waals surface area contributed by atoms with Crippen molar-refractivity contribution >= 4 is 28.6 Å². The predicted octanol–water partition coefficient (Wildman–Crippen LogP) is 3.51. The molecule has 2 aromatic heterocycles. The molecule has 1 atom stereocenters. The van der Waals surface area contributed by atoms with Crippen molar-refractivity contribution < 1.29 is 9.21 Å². The van der Waals surface area contributed by atoms with Gasteiger partial charge in [-0.2, -0.15) is 0 Å². The zero-order valence-electron chi connectivity index (χ0n) is 12.9.